The molecule has 0 aliphatic carbocycles. The highest BCUT2D eigenvalue weighted by atomic mass is 35.6. The van der Waals surface area contributed by atoms with Crippen molar-refractivity contribution in [2.24, 2.45) is 0 Å². The molecule has 0 fully saturated rings. The van der Waals surface area contributed by atoms with E-state index in [2.05, 4.69) is 0 Å². The maximum atomic E-state index is 11.8. The summed E-state index contributed by atoms with van der Waals surface area (Å²) in [6.45, 7) is 0. The average molecular weight is 342 g/mol. The highest BCUT2D eigenvalue weighted by Crippen LogP contribution is 2.33. The molecule has 8 heteroatoms. The van der Waals surface area contributed by atoms with E-state index in [1.165, 1.54) is 18.2 Å². The first-order valence-electron chi connectivity index (χ1n) is 3.86. The van der Waals surface area contributed by atoms with Gasteiger partial charge >= 0.3 is 0 Å². The van der Waals surface area contributed by atoms with Crippen LogP contribution in [-0.4, -0.2) is 18.0 Å². The Hall–Kier alpha value is 0.620. The van der Waals surface area contributed by atoms with E-state index in [0.717, 1.165) is 0 Å². The lowest BCUT2D eigenvalue weighted by Gasteiger charge is -2.12. The molecule has 0 bridgehead atoms. The molecule has 0 saturated carbocycles. The van der Waals surface area contributed by atoms with Crippen LogP contribution in [-0.2, 0) is 9.84 Å². The van der Waals surface area contributed by atoms with Gasteiger partial charge in [-0.25, -0.2) is 8.42 Å². The van der Waals surface area contributed by atoms with Crippen molar-refractivity contribution < 1.29 is 8.42 Å². The Kier molecular flexibility index (Phi) is 4.67. The van der Waals surface area contributed by atoms with Crippen molar-refractivity contribution in [3.05, 3.63) is 28.2 Å². The van der Waals surface area contributed by atoms with E-state index in [1.807, 2.05) is 0 Å². The molecule has 0 radical (unpaired) electrons. The third kappa shape index (κ3) is 4.13. The van der Waals surface area contributed by atoms with Gasteiger partial charge in [-0.05, 0) is 18.2 Å². The van der Waals surface area contributed by atoms with Gasteiger partial charge in [0.05, 0.1) is 9.92 Å². The normalized spacial score (nSPS) is 12.8. The Bertz CT molecular complexity index is 492. The van der Waals surface area contributed by atoms with Gasteiger partial charge in [0.15, 0.2) is 9.84 Å². The van der Waals surface area contributed by atoms with E-state index < -0.39 is 19.4 Å². The zero-order chi connectivity index (χ0) is 12.6. The lowest BCUT2D eigenvalue weighted by molar-refractivity contribution is 0.596. The molecule has 0 aliphatic rings. The molecule has 0 atom stereocenters. The lowest BCUT2D eigenvalue weighted by atomic mass is 10.4. The van der Waals surface area contributed by atoms with Crippen molar-refractivity contribution in [1.29, 1.82) is 0 Å². The van der Waals surface area contributed by atoms with E-state index >= 15 is 0 Å². The van der Waals surface area contributed by atoms with E-state index in [-0.39, 0.29) is 14.9 Å². The van der Waals surface area contributed by atoms with Crippen LogP contribution in [0.2, 0.25) is 10.0 Å². The fraction of sp³-hybridized carbons (Fsp3) is 0.250. The average Bonchev–Trinajstić information content (AvgIpc) is 2.04. The predicted octanol–water partition coefficient (Wildman–Crippen LogP) is 4.14. The van der Waals surface area contributed by atoms with Gasteiger partial charge in [0, 0.05) is 5.02 Å². The second-order valence-corrected chi connectivity index (χ2v) is 8.27. The molecule has 0 amide bonds. The Morgan fingerprint density at radius 2 is 1.69 bits per heavy atom. The summed E-state index contributed by atoms with van der Waals surface area (Å²) in [5, 5.41) is 0.283. The van der Waals surface area contributed by atoms with Gasteiger partial charge in [-0.3, -0.25) is 0 Å². The molecule has 2 nitrogen and oxygen atoms in total. The summed E-state index contributed by atoms with van der Waals surface area (Å²) in [4.78, 5) is -0.145. The summed E-state index contributed by atoms with van der Waals surface area (Å²) in [5.74, 6) is -0.662. The minimum atomic E-state index is -3.78. The smallest absolute Gasteiger partial charge is 0.204 e. The minimum absolute atomic E-state index is 0.0404. The molecule has 90 valence electrons. The Morgan fingerprint density at radius 3 is 2.19 bits per heavy atom. The third-order valence-corrected chi connectivity index (χ3v) is 4.96. The largest absolute Gasteiger partial charge is 0.223 e. The Morgan fingerprint density at radius 1 is 1.12 bits per heavy atom. The molecule has 1 rings (SSSR count). The highest BCUT2D eigenvalue weighted by Gasteiger charge is 2.31. The molecule has 0 aromatic heterocycles. The SMILES string of the molecule is O=S(=O)(CC(Cl)(Cl)Cl)c1cc(Cl)ccc1Cl. The molecule has 0 unspecified atom stereocenters. The van der Waals surface area contributed by atoms with E-state index in [0.29, 0.717) is 0 Å². The standard InChI is InChI=1S/C8H5Cl5O2S/c9-5-1-2-6(10)7(3-5)16(14,15)4-8(11,12)13/h1-3H,4H2. The molecule has 1 aromatic carbocycles. The van der Waals surface area contributed by atoms with Gasteiger partial charge in [-0.1, -0.05) is 58.0 Å². The van der Waals surface area contributed by atoms with Crippen molar-refractivity contribution in [3.63, 3.8) is 0 Å². The van der Waals surface area contributed by atoms with Crippen LogP contribution in [0.3, 0.4) is 0 Å². The number of hydrogen-bond donors (Lipinski definition) is 0. The number of hydrogen-bond acceptors (Lipinski definition) is 2. The van der Waals surface area contributed by atoms with Gasteiger partial charge < -0.3 is 0 Å². The minimum Gasteiger partial charge on any atom is -0.223 e. The summed E-state index contributed by atoms with van der Waals surface area (Å²) >= 11 is 27.7. The lowest BCUT2D eigenvalue weighted by Crippen LogP contribution is -2.20. The number of rotatable bonds is 2. The summed E-state index contributed by atoms with van der Waals surface area (Å²) < 4.78 is 21.8. The summed E-state index contributed by atoms with van der Waals surface area (Å²) in [5.41, 5.74) is 0. The Balaban J connectivity index is 3.22. The van der Waals surface area contributed by atoms with Crippen LogP contribution in [0.1, 0.15) is 0 Å². The van der Waals surface area contributed by atoms with Crippen molar-refractivity contribution >= 4 is 67.8 Å². The van der Waals surface area contributed by atoms with Crippen molar-refractivity contribution in [1.82, 2.24) is 0 Å². The van der Waals surface area contributed by atoms with Gasteiger partial charge in [0.25, 0.3) is 0 Å². The number of sulfone groups is 1. The van der Waals surface area contributed by atoms with E-state index in [4.69, 9.17) is 58.0 Å². The second-order valence-electron chi connectivity index (χ2n) is 2.95. The number of halogens is 5. The van der Waals surface area contributed by atoms with Crippen molar-refractivity contribution in [3.8, 4) is 0 Å². The quantitative estimate of drug-likeness (QED) is 0.757. The van der Waals surface area contributed by atoms with Crippen molar-refractivity contribution in [2.75, 3.05) is 5.75 Å². The van der Waals surface area contributed by atoms with E-state index in [9.17, 15) is 8.42 Å². The maximum absolute atomic E-state index is 11.8. The third-order valence-electron chi connectivity index (χ3n) is 1.58. The molecule has 16 heavy (non-hydrogen) atoms. The van der Waals surface area contributed by atoms with Gasteiger partial charge in [0.1, 0.15) is 5.75 Å². The molecular weight excluding hydrogens is 337 g/mol. The van der Waals surface area contributed by atoms with Crippen LogP contribution in [0.25, 0.3) is 0 Å². The van der Waals surface area contributed by atoms with Crippen LogP contribution in [0.15, 0.2) is 23.1 Å². The first-order valence-corrected chi connectivity index (χ1v) is 7.40. The van der Waals surface area contributed by atoms with Gasteiger partial charge in [-0.15, -0.1) is 0 Å². The fourth-order valence-corrected chi connectivity index (χ4v) is 4.27. The van der Waals surface area contributed by atoms with Crippen LogP contribution in [0.4, 0.5) is 0 Å². The van der Waals surface area contributed by atoms with E-state index in [1.54, 1.807) is 0 Å². The highest BCUT2D eigenvalue weighted by molar-refractivity contribution is 7.91. The van der Waals surface area contributed by atoms with Crippen LogP contribution >= 0.6 is 58.0 Å². The van der Waals surface area contributed by atoms with Gasteiger partial charge in [-0.2, -0.15) is 0 Å². The fourth-order valence-electron chi connectivity index (χ4n) is 1.01. The van der Waals surface area contributed by atoms with Crippen molar-refractivity contribution in [2.45, 2.75) is 8.69 Å². The van der Waals surface area contributed by atoms with Crippen LogP contribution in [0.5, 0.6) is 0 Å². The van der Waals surface area contributed by atoms with Crippen LogP contribution < -0.4 is 0 Å². The topological polar surface area (TPSA) is 34.1 Å². The summed E-state index contributed by atoms with van der Waals surface area (Å²) in [7, 11) is -3.78. The molecule has 0 aliphatic heterocycles. The summed E-state index contributed by atoms with van der Waals surface area (Å²) in [6, 6.07) is 4.06. The molecule has 0 heterocycles. The molecule has 0 saturated heterocycles. The molecule has 0 spiro atoms. The molecule has 1 aromatic rings. The molecular formula is C8H5Cl5O2S. The maximum Gasteiger partial charge on any atom is 0.204 e. The number of benzene rings is 1. The zero-order valence-electron chi connectivity index (χ0n) is 7.55. The first-order chi connectivity index (χ1) is 7.12. The Labute approximate surface area is 118 Å². The number of alkyl halides is 3. The second kappa shape index (κ2) is 5.09. The monoisotopic (exact) mass is 340 g/mol. The van der Waals surface area contributed by atoms with Crippen LogP contribution in [0, 0.1) is 0 Å². The zero-order valence-corrected chi connectivity index (χ0v) is 12.1. The summed E-state index contributed by atoms with van der Waals surface area (Å²) in [6.07, 6.45) is 0. The molecule has 0 N–H and O–H groups in total. The first kappa shape index (κ1) is 14.7. The van der Waals surface area contributed by atoms with Gasteiger partial charge in [0.2, 0.25) is 3.79 Å². The predicted molar refractivity (Wildman–Crippen MR) is 68.8 cm³/mol.